The molecule has 2 aromatic rings. The van der Waals surface area contributed by atoms with Crippen LogP contribution in [0, 0.1) is 19.7 Å². The Hall–Kier alpha value is -2.70. The number of hydrogen-bond acceptors (Lipinski definition) is 3. The predicted molar refractivity (Wildman–Crippen MR) is 94.9 cm³/mol. The van der Waals surface area contributed by atoms with Gasteiger partial charge < -0.3 is 10.2 Å². The van der Waals surface area contributed by atoms with E-state index in [4.69, 9.17) is 0 Å². The fourth-order valence-corrected chi connectivity index (χ4v) is 3.50. The number of hydrogen-bond donors (Lipinski definition) is 1. The highest BCUT2D eigenvalue weighted by atomic mass is 19.1. The fourth-order valence-electron chi connectivity index (χ4n) is 3.50. The Morgan fingerprint density at radius 2 is 2.15 bits per heavy atom. The smallest absolute Gasteiger partial charge is 0.247 e. The maximum absolute atomic E-state index is 13.6. The molecule has 1 fully saturated rings. The van der Waals surface area contributed by atoms with Crippen molar-refractivity contribution >= 4 is 11.8 Å². The number of benzene rings is 1. The molecule has 3 rings (SSSR count). The van der Waals surface area contributed by atoms with E-state index < -0.39 is 11.9 Å². The third kappa shape index (κ3) is 3.47. The number of nitrogens with zero attached hydrogens (tertiary/aromatic N) is 3. The van der Waals surface area contributed by atoms with Gasteiger partial charge in [-0.1, -0.05) is 12.1 Å². The molecule has 0 aliphatic carbocycles. The molecule has 1 aliphatic heterocycles. The SMILES string of the molecule is Cc1nn(C)c(C)c1CCC(=O)N1CCNC(=O)[C@@H]1c1cccc(F)c1. The summed E-state index contributed by atoms with van der Waals surface area (Å²) in [5.41, 5.74) is 3.50. The van der Waals surface area contributed by atoms with Crippen molar-refractivity contribution in [2.45, 2.75) is 32.7 Å². The molecule has 138 valence electrons. The average molecular weight is 358 g/mol. The lowest BCUT2D eigenvalue weighted by Crippen LogP contribution is -2.52. The van der Waals surface area contributed by atoms with E-state index in [1.807, 2.05) is 20.9 Å². The molecular weight excluding hydrogens is 335 g/mol. The van der Waals surface area contributed by atoms with Crippen LogP contribution in [0.5, 0.6) is 0 Å². The summed E-state index contributed by atoms with van der Waals surface area (Å²) in [6.07, 6.45) is 0.852. The quantitative estimate of drug-likeness (QED) is 0.906. The summed E-state index contributed by atoms with van der Waals surface area (Å²) in [4.78, 5) is 26.8. The third-order valence-electron chi connectivity index (χ3n) is 4.94. The summed E-state index contributed by atoms with van der Waals surface area (Å²) in [5, 5.41) is 7.13. The summed E-state index contributed by atoms with van der Waals surface area (Å²) in [6.45, 7) is 4.72. The van der Waals surface area contributed by atoms with Crippen molar-refractivity contribution in [1.82, 2.24) is 20.0 Å². The molecule has 7 heteroatoms. The van der Waals surface area contributed by atoms with Crippen LogP contribution in [-0.2, 0) is 23.1 Å². The normalized spacial score (nSPS) is 17.3. The number of piperazine rings is 1. The molecule has 0 saturated carbocycles. The molecular formula is C19H23FN4O2. The van der Waals surface area contributed by atoms with Gasteiger partial charge in [0.1, 0.15) is 11.9 Å². The summed E-state index contributed by atoms with van der Waals surface area (Å²) in [5.74, 6) is -0.810. The van der Waals surface area contributed by atoms with E-state index in [1.54, 1.807) is 21.7 Å². The number of aryl methyl sites for hydroxylation is 2. The second kappa shape index (κ2) is 7.27. The minimum Gasteiger partial charge on any atom is -0.352 e. The molecule has 0 unspecified atom stereocenters. The van der Waals surface area contributed by atoms with Gasteiger partial charge in [-0.3, -0.25) is 14.3 Å². The maximum Gasteiger partial charge on any atom is 0.247 e. The van der Waals surface area contributed by atoms with Gasteiger partial charge in [0, 0.05) is 32.3 Å². The Labute approximate surface area is 152 Å². The Morgan fingerprint density at radius 3 is 2.81 bits per heavy atom. The number of halogens is 1. The number of aromatic nitrogens is 2. The van der Waals surface area contributed by atoms with Crippen LogP contribution < -0.4 is 5.32 Å². The van der Waals surface area contributed by atoms with Crippen molar-refractivity contribution in [2.75, 3.05) is 13.1 Å². The van der Waals surface area contributed by atoms with Crippen LogP contribution in [0.4, 0.5) is 4.39 Å². The van der Waals surface area contributed by atoms with Crippen molar-refractivity contribution < 1.29 is 14.0 Å². The van der Waals surface area contributed by atoms with Crippen LogP contribution in [-0.4, -0.2) is 39.6 Å². The van der Waals surface area contributed by atoms with Crippen LogP contribution in [0.3, 0.4) is 0 Å². The predicted octanol–water partition coefficient (Wildman–Crippen LogP) is 1.81. The summed E-state index contributed by atoms with van der Waals surface area (Å²) in [6, 6.07) is 5.07. The van der Waals surface area contributed by atoms with Gasteiger partial charge in [0.05, 0.1) is 5.69 Å². The van der Waals surface area contributed by atoms with E-state index in [1.165, 1.54) is 12.1 Å². The first-order chi connectivity index (χ1) is 12.4. The number of carbonyl (C=O) groups is 2. The lowest BCUT2D eigenvalue weighted by Gasteiger charge is -2.35. The first-order valence-corrected chi connectivity index (χ1v) is 8.70. The van der Waals surface area contributed by atoms with Gasteiger partial charge in [-0.25, -0.2) is 4.39 Å². The highest BCUT2D eigenvalue weighted by molar-refractivity contribution is 5.89. The van der Waals surface area contributed by atoms with Crippen LogP contribution in [0.25, 0.3) is 0 Å². The van der Waals surface area contributed by atoms with Crippen molar-refractivity contribution in [3.8, 4) is 0 Å². The minimum atomic E-state index is -0.789. The number of nitrogens with one attached hydrogen (secondary N) is 1. The van der Waals surface area contributed by atoms with Gasteiger partial charge in [0.15, 0.2) is 0 Å². The molecule has 1 atom stereocenters. The first-order valence-electron chi connectivity index (χ1n) is 8.70. The van der Waals surface area contributed by atoms with Crippen molar-refractivity contribution in [3.05, 3.63) is 52.6 Å². The van der Waals surface area contributed by atoms with Gasteiger partial charge >= 0.3 is 0 Å². The Balaban J connectivity index is 1.78. The van der Waals surface area contributed by atoms with E-state index >= 15 is 0 Å². The summed E-state index contributed by atoms with van der Waals surface area (Å²) in [7, 11) is 1.88. The molecule has 1 saturated heterocycles. The zero-order valence-electron chi connectivity index (χ0n) is 15.3. The number of amides is 2. The van der Waals surface area contributed by atoms with E-state index in [2.05, 4.69) is 10.4 Å². The Kier molecular flexibility index (Phi) is 5.06. The second-order valence-corrected chi connectivity index (χ2v) is 6.61. The Bertz CT molecular complexity index is 846. The van der Waals surface area contributed by atoms with Crippen molar-refractivity contribution in [3.63, 3.8) is 0 Å². The summed E-state index contributed by atoms with van der Waals surface area (Å²) >= 11 is 0. The molecule has 1 N–H and O–H groups in total. The standard InChI is InChI=1S/C19H23FN4O2/c1-12-16(13(2)23(3)22-12)7-8-17(25)24-10-9-21-19(26)18(24)14-5-4-6-15(20)11-14/h4-6,11,18H,7-10H2,1-3H3,(H,21,26)/t18-/m0/s1. The van der Waals surface area contributed by atoms with Gasteiger partial charge in [-0.15, -0.1) is 0 Å². The highest BCUT2D eigenvalue weighted by Crippen LogP contribution is 2.25. The average Bonchev–Trinajstić information content (AvgIpc) is 2.84. The molecule has 1 aliphatic rings. The molecule has 6 nitrogen and oxygen atoms in total. The van der Waals surface area contributed by atoms with E-state index in [-0.39, 0.29) is 18.2 Å². The largest absolute Gasteiger partial charge is 0.352 e. The summed E-state index contributed by atoms with van der Waals surface area (Å²) < 4.78 is 15.4. The molecule has 0 radical (unpaired) electrons. The fraction of sp³-hybridized carbons (Fsp3) is 0.421. The highest BCUT2D eigenvalue weighted by Gasteiger charge is 2.34. The molecule has 2 heterocycles. The van der Waals surface area contributed by atoms with Gasteiger partial charge in [-0.05, 0) is 43.5 Å². The zero-order chi connectivity index (χ0) is 18.8. The number of carbonyl (C=O) groups excluding carboxylic acids is 2. The molecule has 26 heavy (non-hydrogen) atoms. The molecule has 0 bridgehead atoms. The Morgan fingerprint density at radius 1 is 1.38 bits per heavy atom. The van der Waals surface area contributed by atoms with Gasteiger partial charge in [0.2, 0.25) is 11.8 Å². The van der Waals surface area contributed by atoms with E-state index in [9.17, 15) is 14.0 Å². The lowest BCUT2D eigenvalue weighted by atomic mass is 10.0. The molecule has 1 aromatic carbocycles. The van der Waals surface area contributed by atoms with Crippen LogP contribution in [0.15, 0.2) is 24.3 Å². The van der Waals surface area contributed by atoms with Gasteiger partial charge in [0.25, 0.3) is 0 Å². The molecule has 1 aromatic heterocycles. The second-order valence-electron chi connectivity index (χ2n) is 6.61. The van der Waals surface area contributed by atoms with E-state index in [0.29, 0.717) is 25.1 Å². The molecule has 0 spiro atoms. The van der Waals surface area contributed by atoms with Crippen molar-refractivity contribution in [2.24, 2.45) is 7.05 Å². The minimum absolute atomic E-state index is 0.114. The molecule has 2 amide bonds. The van der Waals surface area contributed by atoms with Crippen LogP contribution in [0.2, 0.25) is 0 Å². The van der Waals surface area contributed by atoms with Crippen LogP contribution >= 0.6 is 0 Å². The zero-order valence-corrected chi connectivity index (χ0v) is 15.3. The maximum atomic E-state index is 13.6. The topological polar surface area (TPSA) is 67.2 Å². The van der Waals surface area contributed by atoms with E-state index in [0.717, 1.165) is 17.0 Å². The lowest BCUT2D eigenvalue weighted by molar-refractivity contribution is -0.143. The number of rotatable bonds is 4. The van der Waals surface area contributed by atoms with Crippen LogP contribution in [0.1, 0.15) is 35.0 Å². The van der Waals surface area contributed by atoms with Gasteiger partial charge in [-0.2, -0.15) is 5.10 Å². The third-order valence-corrected chi connectivity index (χ3v) is 4.94. The monoisotopic (exact) mass is 358 g/mol. The first kappa shape index (κ1) is 18.1. The van der Waals surface area contributed by atoms with Crippen molar-refractivity contribution in [1.29, 1.82) is 0 Å².